The first-order valence-corrected chi connectivity index (χ1v) is 8.37. The summed E-state index contributed by atoms with van der Waals surface area (Å²) in [7, 11) is 0. The SMILES string of the molecule is Cc1ccc(NC(=O)CN2CCC(O)(c3cccnc3)CC2)cc1F. The van der Waals surface area contributed by atoms with E-state index in [2.05, 4.69) is 10.3 Å². The third-order valence-corrected chi connectivity index (χ3v) is 4.70. The summed E-state index contributed by atoms with van der Waals surface area (Å²) in [5, 5.41) is 13.5. The maximum absolute atomic E-state index is 13.5. The molecule has 1 aromatic heterocycles. The van der Waals surface area contributed by atoms with E-state index in [0.29, 0.717) is 37.2 Å². The fourth-order valence-corrected chi connectivity index (χ4v) is 3.08. The molecule has 6 heteroatoms. The number of carbonyl (C=O) groups excluding carboxylic acids is 1. The van der Waals surface area contributed by atoms with Gasteiger partial charge in [0.2, 0.25) is 5.91 Å². The quantitative estimate of drug-likeness (QED) is 0.895. The van der Waals surface area contributed by atoms with Gasteiger partial charge in [0.1, 0.15) is 5.82 Å². The first kappa shape index (κ1) is 17.5. The van der Waals surface area contributed by atoms with Crippen LogP contribution in [0.2, 0.25) is 0 Å². The highest BCUT2D eigenvalue weighted by atomic mass is 19.1. The van der Waals surface area contributed by atoms with Crippen LogP contribution in [0.15, 0.2) is 42.7 Å². The van der Waals surface area contributed by atoms with Crippen LogP contribution in [-0.4, -0.2) is 40.5 Å². The Morgan fingerprint density at radius 2 is 2.12 bits per heavy atom. The van der Waals surface area contributed by atoms with Crippen LogP contribution in [0.1, 0.15) is 24.0 Å². The number of anilines is 1. The number of benzene rings is 1. The van der Waals surface area contributed by atoms with Crippen molar-refractivity contribution < 1.29 is 14.3 Å². The van der Waals surface area contributed by atoms with Gasteiger partial charge in [0.05, 0.1) is 12.1 Å². The van der Waals surface area contributed by atoms with E-state index in [0.717, 1.165) is 5.56 Å². The molecule has 1 fully saturated rings. The molecule has 0 atom stereocenters. The Morgan fingerprint density at radius 1 is 1.36 bits per heavy atom. The average Bonchev–Trinajstić information content (AvgIpc) is 2.61. The smallest absolute Gasteiger partial charge is 0.238 e. The number of amides is 1. The van der Waals surface area contributed by atoms with Crippen molar-refractivity contribution in [2.45, 2.75) is 25.4 Å². The van der Waals surface area contributed by atoms with Crippen molar-refractivity contribution in [3.8, 4) is 0 Å². The summed E-state index contributed by atoms with van der Waals surface area (Å²) < 4.78 is 13.5. The Hall–Kier alpha value is -2.31. The molecule has 1 saturated heterocycles. The minimum absolute atomic E-state index is 0.185. The fourth-order valence-electron chi connectivity index (χ4n) is 3.08. The summed E-state index contributed by atoms with van der Waals surface area (Å²) in [6.45, 7) is 3.12. The Kier molecular flexibility index (Phi) is 5.11. The minimum Gasteiger partial charge on any atom is -0.385 e. The molecule has 0 unspecified atom stereocenters. The Bertz CT molecular complexity index is 744. The number of piperidine rings is 1. The van der Waals surface area contributed by atoms with Crippen LogP contribution in [0.4, 0.5) is 10.1 Å². The minimum atomic E-state index is -0.888. The summed E-state index contributed by atoms with van der Waals surface area (Å²) in [5.74, 6) is -0.521. The molecule has 1 aliphatic rings. The lowest BCUT2D eigenvalue weighted by atomic mass is 9.85. The molecule has 25 heavy (non-hydrogen) atoms. The Morgan fingerprint density at radius 3 is 2.76 bits per heavy atom. The van der Waals surface area contributed by atoms with Gasteiger partial charge in [-0.25, -0.2) is 4.39 Å². The van der Waals surface area contributed by atoms with Crippen LogP contribution in [-0.2, 0) is 10.4 Å². The maximum atomic E-state index is 13.5. The number of halogens is 1. The second kappa shape index (κ2) is 7.29. The van der Waals surface area contributed by atoms with Gasteiger partial charge in [0.25, 0.3) is 0 Å². The summed E-state index contributed by atoms with van der Waals surface area (Å²) in [6.07, 6.45) is 4.46. The second-order valence-corrected chi connectivity index (χ2v) is 6.56. The molecule has 2 aromatic rings. The molecule has 2 heterocycles. The van der Waals surface area contributed by atoms with E-state index in [-0.39, 0.29) is 18.3 Å². The monoisotopic (exact) mass is 343 g/mol. The predicted octanol–water partition coefficient (Wildman–Crippen LogP) is 2.45. The topological polar surface area (TPSA) is 65.5 Å². The molecule has 1 aromatic carbocycles. The molecule has 0 radical (unpaired) electrons. The molecule has 0 aliphatic carbocycles. The average molecular weight is 343 g/mol. The highest BCUT2D eigenvalue weighted by Gasteiger charge is 2.34. The van der Waals surface area contributed by atoms with Crippen LogP contribution in [0, 0.1) is 12.7 Å². The number of carbonyl (C=O) groups is 1. The number of hydrogen-bond acceptors (Lipinski definition) is 4. The Balaban J connectivity index is 1.53. The second-order valence-electron chi connectivity index (χ2n) is 6.56. The summed E-state index contributed by atoms with van der Waals surface area (Å²) in [6, 6.07) is 8.34. The van der Waals surface area contributed by atoms with E-state index < -0.39 is 5.60 Å². The van der Waals surface area contributed by atoms with Gasteiger partial charge in [-0.05, 0) is 43.5 Å². The van der Waals surface area contributed by atoms with Crippen molar-refractivity contribution in [1.82, 2.24) is 9.88 Å². The lowest BCUT2D eigenvalue weighted by molar-refractivity contribution is -0.118. The number of hydrogen-bond donors (Lipinski definition) is 2. The van der Waals surface area contributed by atoms with E-state index >= 15 is 0 Å². The van der Waals surface area contributed by atoms with Crippen LogP contribution in [0.25, 0.3) is 0 Å². The zero-order valence-corrected chi connectivity index (χ0v) is 14.2. The number of aromatic nitrogens is 1. The van der Waals surface area contributed by atoms with Gasteiger partial charge < -0.3 is 10.4 Å². The van der Waals surface area contributed by atoms with E-state index in [1.807, 2.05) is 17.0 Å². The van der Waals surface area contributed by atoms with Crippen LogP contribution in [0.3, 0.4) is 0 Å². The normalized spacial score (nSPS) is 17.2. The fraction of sp³-hybridized carbons (Fsp3) is 0.368. The first-order chi connectivity index (χ1) is 12.0. The number of nitrogens with zero attached hydrogens (tertiary/aromatic N) is 2. The van der Waals surface area contributed by atoms with Crippen molar-refractivity contribution in [2.24, 2.45) is 0 Å². The molecule has 3 rings (SSSR count). The van der Waals surface area contributed by atoms with Crippen LogP contribution in [0.5, 0.6) is 0 Å². The summed E-state index contributed by atoms with van der Waals surface area (Å²) in [4.78, 5) is 18.2. The number of pyridine rings is 1. The first-order valence-electron chi connectivity index (χ1n) is 8.37. The van der Waals surface area contributed by atoms with Gasteiger partial charge >= 0.3 is 0 Å². The molecule has 132 valence electrons. The number of nitrogens with one attached hydrogen (secondary N) is 1. The number of aliphatic hydroxyl groups is 1. The summed E-state index contributed by atoms with van der Waals surface area (Å²) >= 11 is 0. The van der Waals surface area contributed by atoms with Gasteiger partial charge in [-0.3, -0.25) is 14.7 Å². The standard InChI is InChI=1S/C19H22FN3O2/c1-14-4-5-16(11-17(14)20)22-18(24)13-23-9-6-19(25,7-10-23)15-3-2-8-21-12-15/h2-5,8,11-12,25H,6-7,9-10,13H2,1H3,(H,22,24). The third kappa shape index (κ3) is 4.21. The molecular weight excluding hydrogens is 321 g/mol. The molecule has 0 spiro atoms. The number of likely N-dealkylation sites (tertiary alicyclic amines) is 1. The maximum Gasteiger partial charge on any atom is 0.238 e. The van der Waals surface area contributed by atoms with Crippen molar-refractivity contribution >= 4 is 11.6 Å². The van der Waals surface area contributed by atoms with Gasteiger partial charge in [-0.15, -0.1) is 0 Å². The predicted molar refractivity (Wildman–Crippen MR) is 93.6 cm³/mol. The van der Waals surface area contributed by atoms with Gasteiger partial charge in [-0.2, -0.15) is 0 Å². The zero-order valence-electron chi connectivity index (χ0n) is 14.2. The van der Waals surface area contributed by atoms with Crippen molar-refractivity contribution in [3.63, 3.8) is 0 Å². The van der Waals surface area contributed by atoms with Gasteiger partial charge in [-0.1, -0.05) is 12.1 Å². The van der Waals surface area contributed by atoms with E-state index in [1.54, 1.807) is 31.5 Å². The molecule has 0 saturated carbocycles. The van der Waals surface area contributed by atoms with Crippen molar-refractivity contribution in [2.75, 3.05) is 25.0 Å². The van der Waals surface area contributed by atoms with Gasteiger partial charge in [0, 0.05) is 36.7 Å². The molecule has 5 nitrogen and oxygen atoms in total. The molecule has 0 bridgehead atoms. The van der Waals surface area contributed by atoms with E-state index in [1.165, 1.54) is 6.07 Å². The van der Waals surface area contributed by atoms with Crippen LogP contribution < -0.4 is 5.32 Å². The van der Waals surface area contributed by atoms with Crippen LogP contribution >= 0.6 is 0 Å². The zero-order chi connectivity index (χ0) is 17.9. The molecular formula is C19H22FN3O2. The molecule has 2 N–H and O–H groups in total. The van der Waals surface area contributed by atoms with E-state index in [4.69, 9.17) is 0 Å². The third-order valence-electron chi connectivity index (χ3n) is 4.70. The lowest BCUT2D eigenvalue weighted by Gasteiger charge is -2.38. The van der Waals surface area contributed by atoms with Crippen molar-refractivity contribution in [3.05, 3.63) is 59.7 Å². The van der Waals surface area contributed by atoms with E-state index in [9.17, 15) is 14.3 Å². The largest absolute Gasteiger partial charge is 0.385 e. The molecule has 1 amide bonds. The molecule has 1 aliphatic heterocycles. The van der Waals surface area contributed by atoms with Crippen molar-refractivity contribution in [1.29, 1.82) is 0 Å². The van der Waals surface area contributed by atoms with Gasteiger partial charge in [0.15, 0.2) is 0 Å². The number of rotatable bonds is 4. The highest BCUT2D eigenvalue weighted by Crippen LogP contribution is 2.32. The lowest BCUT2D eigenvalue weighted by Crippen LogP contribution is -2.45. The number of aryl methyl sites for hydroxylation is 1. The Labute approximate surface area is 146 Å². The highest BCUT2D eigenvalue weighted by molar-refractivity contribution is 5.92. The summed E-state index contributed by atoms with van der Waals surface area (Å²) in [5.41, 5.74) is 0.927.